The number of aromatic nitrogens is 1. The molecule has 1 heterocycles. The number of azo groups is 1. The fourth-order valence-electron chi connectivity index (χ4n) is 2.77. The monoisotopic (exact) mass is 404 g/mol. The fraction of sp³-hybridized carbons (Fsp3) is 0. The second kappa shape index (κ2) is 7.69. The third kappa shape index (κ3) is 4.07. The van der Waals surface area contributed by atoms with Crippen LogP contribution < -0.4 is 4.72 Å². The van der Waals surface area contributed by atoms with E-state index in [9.17, 15) is 13.5 Å². The molecule has 144 valence electrons. The van der Waals surface area contributed by atoms with E-state index >= 15 is 0 Å². The Morgan fingerprint density at radius 2 is 1.59 bits per heavy atom. The van der Waals surface area contributed by atoms with E-state index in [-0.39, 0.29) is 16.5 Å². The highest BCUT2D eigenvalue weighted by Crippen LogP contribution is 2.36. The van der Waals surface area contributed by atoms with Gasteiger partial charge in [-0.1, -0.05) is 36.4 Å². The zero-order valence-corrected chi connectivity index (χ0v) is 15.9. The van der Waals surface area contributed by atoms with Crippen LogP contribution in [0.4, 0.5) is 17.2 Å². The van der Waals surface area contributed by atoms with Gasteiger partial charge in [0.2, 0.25) is 0 Å². The molecular formula is C21H16N4O3S. The summed E-state index contributed by atoms with van der Waals surface area (Å²) in [6, 6.07) is 21.8. The first-order valence-corrected chi connectivity index (χ1v) is 10.2. The standard InChI is InChI=1S/C21H16N4O3S/c26-19-13-8-15-5-1-2-6-18(15)21(19)24-23-16-9-11-17(12-10-16)29(27,28)25-20-7-3-4-14-22-20/h1-14,26H,(H,22,25). The van der Waals surface area contributed by atoms with E-state index in [2.05, 4.69) is 19.9 Å². The van der Waals surface area contributed by atoms with Gasteiger partial charge in [-0.3, -0.25) is 4.72 Å². The molecule has 0 amide bonds. The molecule has 8 heteroatoms. The predicted octanol–water partition coefficient (Wildman–Crippen LogP) is 5.16. The van der Waals surface area contributed by atoms with Gasteiger partial charge < -0.3 is 5.11 Å². The number of rotatable bonds is 5. The number of phenols is 1. The highest BCUT2D eigenvalue weighted by molar-refractivity contribution is 7.92. The Hall–Kier alpha value is -3.78. The Kier molecular flexibility index (Phi) is 4.92. The van der Waals surface area contributed by atoms with E-state index in [1.54, 1.807) is 42.5 Å². The highest BCUT2D eigenvalue weighted by atomic mass is 32.2. The smallest absolute Gasteiger partial charge is 0.263 e. The number of hydrogen-bond acceptors (Lipinski definition) is 6. The van der Waals surface area contributed by atoms with Crippen molar-refractivity contribution in [3.05, 3.63) is 85.1 Å². The minimum atomic E-state index is -3.76. The van der Waals surface area contributed by atoms with Crippen molar-refractivity contribution in [1.29, 1.82) is 0 Å². The van der Waals surface area contributed by atoms with Crippen molar-refractivity contribution in [2.75, 3.05) is 4.72 Å². The number of aromatic hydroxyl groups is 1. The maximum absolute atomic E-state index is 12.4. The first kappa shape index (κ1) is 18.6. The first-order valence-electron chi connectivity index (χ1n) is 8.69. The van der Waals surface area contributed by atoms with E-state index in [1.807, 2.05) is 24.3 Å². The van der Waals surface area contributed by atoms with Crippen LogP contribution in [0.25, 0.3) is 10.8 Å². The van der Waals surface area contributed by atoms with Gasteiger partial charge >= 0.3 is 0 Å². The summed E-state index contributed by atoms with van der Waals surface area (Å²) >= 11 is 0. The SMILES string of the molecule is O=S(=O)(Nc1ccccn1)c1ccc(N=Nc2c(O)ccc3ccccc23)cc1. The van der Waals surface area contributed by atoms with E-state index in [0.29, 0.717) is 11.4 Å². The molecule has 0 bridgehead atoms. The fourth-order valence-corrected chi connectivity index (χ4v) is 3.78. The molecule has 3 aromatic carbocycles. The number of fused-ring (bicyclic) bond motifs is 1. The summed E-state index contributed by atoms with van der Waals surface area (Å²) in [6.45, 7) is 0. The van der Waals surface area contributed by atoms with E-state index in [1.165, 1.54) is 18.3 Å². The topological polar surface area (TPSA) is 104 Å². The zero-order chi connectivity index (χ0) is 20.3. The summed E-state index contributed by atoms with van der Waals surface area (Å²) < 4.78 is 27.3. The molecule has 0 aliphatic rings. The van der Waals surface area contributed by atoms with Crippen LogP contribution in [0.3, 0.4) is 0 Å². The zero-order valence-electron chi connectivity index (χ0n) is 15.1. The second-order valence-electron chi connectivity index (χ2n) is 6.17. The molecule has 0 atom stereocenters. The van der Waals surface area contributed by atoms with Crippen molar-refractivity contribution in [2.45, 2.75) is 4.90 Å². The van der Waals surface area contributed by atoms with Crippen molar-refractivity contribution in [3.63, 3.8) is 0 Å². The number of nitrogens with zero attached hydrogens (tertiary/aromatic N) is 3. The minimum Gasteiger partial charge on any atom is -0.506 e. The first-order chi connectivity index (χ1) is 14.0. The summed E-state index contributed by atoms with van der Waals surface area (Å²) in [5.74, 6) is 0.258. The number of benzene rings is 3. The molecule has 7 nitrogen and oxygen atoms in total. The molecule has 0 aliphatic carbocycles. The van der Waals surface area contributed by atoms with Crippen molar-refractivity contribution in [3.8, 4) is 5.75 Å². The van der Waals surface area contributed by atoms with Crippen LogP contribution in [0.2, 0.25) is 0 Å². The van der Waals surface area contributed by atoms with Crippen LogP contribution >= 0.6 is 0 Å². The van der Waals surface area contributed by atoms with Crippen LogP contribution in [0.15, 0.2) is 100 Å². The predicted molar refractivity (Wildman–Crippen MR) is 111 cm³/mol. The lowest BCUT2D eigenvalue weighted by atomic mass is 10.1. The van der Waals surface area contributed by atoms with Gasteiger partial charge in [-0.05, 0) is 47.9 Å². The maximum atomic E-state index is 12.4. The van der Waals surface area contributed by atoms with Gasteiger partial charge in [0.25, 0.3) is 10.0 Å². The van der Waals surface area contributed by atoms with Gasteiger partial charge in [-0.25, -0.2) is 13.4 Å². The van der Waals surface area contributed by atoms with E-state index in [0.717, 1.165) is 10.8 Å². The van der Waals surface area contributed by atoms with E-state index in [4.69, 9.17) is 0 Å². The van der Waals surface area contributed by atoms with Crippen LogP contribution in [0.5, 0.6) is 5.75 Å². The summed E-state index contributed by atoms with van der Waals surface area (Å²) in [4.78, 5) is 4.03. The Labute approximate surface area is 167 Å². The Bertz CT molecular complexity index is 1290. The highest BCUT2D eigenvalue weighted by Gasteiger charge is 2.14. The van der Waals surface area contributed by atoms with Gasteiger partial charge in [0.15, 0.2) is 0 Å². The number of phenolic OH excluding ortho intramolecular Hbond substituents is 1. The Morgan fingerprint density at radius 3 is 2.34 bits per heavy atom. The maximum Gasteiger partial charge on any atom is 0.263 e. The molecule has 4 aromatic rings. The molecule has 0 aliphatic heterocycles. The molecule has 0 radical (unpaired) electrons. The van der Waals surface area contributed by atoms with Crippen LogP contribution in [0.1, 0.15) is 0 Å². The second-order valence-corrected chi connectivity index (χ2v) is 7.85. The summed E-state index contributed by atoms with van der Waals surface area (Å²) in [6.07, 6.45) is 1.50. The molecule has 0 saturated carbocycles. The normalized spacial score (nSPS) is 11.7. The van der Waals surface area contributed by atoms with Gasteiger partial charge in [0.1, 0.15) is 17.3 Å². The summed E-state index contributed by atoms with van der Waals surface area (Å²) in [5, 5.41) is 20.1. The molecule has 0 unspecified atom stereocenters. The van der Waals surface area contributed by atoms with Crippen molar-refractivity contribution in [1.82, 2.24) is 4.98 Å². The number of nitrogens with one attached hydrogen (secondary N) is 1. The lowest BCUT2D eigenvalue weighted by Crippen LogP contribution is -2.13. The van der Waals surface area contributed by atoms with Crippen LogP contribution in [-0.2, 0) is 10.0 Å². The number of sulfonamides is 1. The molecular weight excluding hydrogens is 388 g/mol. The van der Waals surface area contributed by atoms with Gasteiger partial charge in [0, 0.05) is 11.6 Å². The quantitative estimate of drug-likeness (QED) is 0.448. The number of pyridine rings is 1. The third-order valence-electron chi connectivity index (χ3n) is 4.20. The molecule has 1 aromatic heterocycles. The largest absolute Gasteiger partial charge is 0.506 e. The molecule has 0 fully saturated rings. The Balaban J connectivity index is 1.58. The van der Waals surface area contributed by atoms with Crippen molar-refractivity contribution in [2.24, 2.45) is 10.2 Å². The average Bonchev–Trinajstić information content (AvgIpc) is 2.74. The summed E-state index contributed by atoms with van der Waals surface area (Å²) in [7, 11) is -3.76. The Morgan fingerprint density at radius 1 is 0.828 bits per heavy atom. The molecule has 0 spiro atoms. The number of hydrogen-bond donors (Lipinski definition) is 2. The minimum absolute atomic E-state index is 0.0196. The van der Waals surface area contributed by atoms with E-state index < -0.39 is 10.0 Å². The van der Waals surface area contributed by atoms with Gasteiger partial charge in [0.05, 0.1) is 10.6 Å². The van der Waals surface area contributed by atoms with Crippen molar-refractivity contribution >= 4 is 38.0 Å². The van der Waals surface area contributed by atoms with Crippen LogP contribution in [-0.4, -0.2) is 18.5 Å². The van der Waals surface area contributed by atoms with Gasteiger partial charge in [-0.2, -0.15) is 5.11 Å². The lowest BCUT2D eigenvalue weighted by molar-refractivity contribution is 0.477. The third-order valence-corrected chi connectivity index (χ3v) is 5.57. The molecule has 29 heavy (non-hydrogen) atoms. The lowest BCUT2D eigenvalue weighted by Gasteiger charge is -2.07. The molecule has 4 rings (SSSR count). The molecule has 0 saturated heterocycles. The van der Waals surface area contributed by atoms with Crippen LogP contribution in [0, 0.1) is 0 Å². The van der Waals surface area contributed by atoms with Crippen molar-refractivity contribution < 1.29 is 13.5 Å². The summed E-state index contributed by atoms with van der Waals surface area (Å²) in [5.41, 5.74) is 0.811. The average molecular weight is 404 g/mol. The number of anilines is 1. The molecule has 2 N–H and O–H groups in total. The van der Waals surface area contributed by atoms with Gasteiger partial charge in [-0.15, -0.1) is 5.11 Å².